The highest BCUT2D eigenvalue weighted by Crippen LogP contribution is 2.33. The first kappa shape index (κ1) is 18.3. The van der Waals surface area contributed by atoms with Gasteiger partial charge in [0.25, 0.3) is 0 Å². The lowest BCUT2D eigenvalue weighted by molar-refractivity contribution is 0.167. The Bertz CT molecular complexity index is 543. The fourth-order valence-corrected chi connectivity index (χ4v) is 4.52. The number of anilines is 1. The smallest absolute Gasteiger partial charge is 0.0825 e. The molecule has 24 heavy (non-hydrogen) atoms. The van der Waals surface area contributed by atoms with Gasteiger partial charge in [0, 0.05) is 31.7 Å². The standard InChI is InChI=1S/C19H29Cl2N3/c1-14-13-24(18-4-2-3-17(20)19(18)21)12-11-23(14)10-9-15-5-7-16(22)8-6-15/h2-4,14-16H,5-13,22H2,1H3. The van der Waals surface area contributed by atoms with E-state index >= 15 is 0 Å². The number of rotatable bonds is 4. The molecule has 1 aliphatic heterocycles. The molecule has 2 fully saturated rings. The molecule has 1 saturated heterocycles. The minimum Gasteiger partial charge on any atom is -0.367 e. The Labute approximate surface area is 156 Å². The molecule has 3 nitrogen and oxygen atoms in total. The third-order valence-corrected chi connectivity index (χ3v) is 6.56. The van der Waals surface area contributed by atoms with E-state index in [2.05, 4.69) is 22.8 Å². The topological polar surface area (TPSA) is 32.5 Å². The summed E-state index contributed by atoms with van der Waals surface area (Å²) in [6.45, 7) is 6.64. The quantitative estimate of drug-likeness (QED) is 0.852. The number of piperazine rings is 1. The summed E-state index contributed by atoms with van der Waals surface area (Å²) < 4.78 is 0. The molecule has 1 heterocycles. The van der Waals surface area contributed by atoms with Gasteiger partial charge in [-0.05, 0) is 63.6 Å². The van der Waals surface area contributed by atoms with Gasteiger partial charge < -0.3 is 10.6 Å². The van der Waals surface area contributed by atoms with Crippen molar-refractivity contribution in [1.82, 2.24) is 4.90 Å². The van der Waals surface area contributed by atoms with Crippen molar-refractivity contribution in [2.45, 2.75) is 51.1 Å². The van der Waals surface area contributed by atoms with Gasteiger partial charge >= 0.3 is 0 Å². The van der Waals surface area contributed by atoms with E-state index in [1.807, 2.05) is 12.1 Å². The van der Waals surface area contributed by atoms with Crippen LogP contribution in [-0.2, 0) is 0 Å². The van der Waals surface area contributed by atoms with Crippen LogP contribution in [0.4, 0.5) is 5.69 Å². The van der Waals surface area contributed by atoms with Gasteiger partial charge in [-0.15, -0.1) is 0 Å². The summed E-state index contributed by atoms with van der Waals surface area (Å²) in [5, 5.41) is 1.32. The van der Waals surface area contributed by atoms with Crippen LogP contribution in [0.1, 0.15) is 39.0 Å². The molecule has 1 aliphatic carbocycles. The Balaban J connectivity index is 1.51. The number of halogens is 2. The molecular weight excluding hydrogens is 341 g/mol. The van der Waals surface area contributed by atoms with Crippen molar-refractivity contribution >= 4 is 28.9 Å². The van der Waals surface area contributed by atoms with E-state index in [0.717, 1.165) is 31.2 Å². The normalized spacial score (nSPS) is 29.0. The highest BCUT2D eigenvalue weighted by atomic mass is 35.5. The van der Waals surface area contributed by atoms with Gasteiger partial charge in [-0.2, -0.15) is 0 Å². The number of hydrogen-bond donors (Lipinski definition) is 1. The fraction of sp³-hybridized carbons (Fsp3) is 0.684. The van der Waals surface area contributed by atoms with Gasteiger partial charge in [-0.25, -0.2) is 0 Å². The predicted octanol–water partition coefficient (Wildman–Crippen LogP) is 4.41. The molecule has 0 spiro atoms. The second kappa shape index (κ2) is 8.27. The van der Waals surface area contributed by atoms with Crippen LogP contribution in [0.3, 0.4) is 0 Å². The summed E-state index contributed by atoms with van der Waals surface area (Å²) in [6, 6.07) is 6.89. The Morgan fingerprint density at radius 1 is 1.12 bits per heavy atom. The maximum Gasteiger partial charge on any atom is 0.0825 e. The van der Waals surface area contributed by atoms with E-state index in [1.54, 1.807) is 0 Å². The van der Waals surface area contributed by atoms with Crippen molar-refractivity contribution < 1.29 is 0 Å². The first-order valence-corrected chi connectivity index (χ1v) is 9.98. The van der Waals surface area contributed by atoms with Crippen molar-refractivity contribution in [2.75, 3.05) is 31.1 Å². The van der Waals surface area contributed by atoms with Crippen molar-refractivity contribution in [3.05, 3.63) is 28.2 Å². The van der Waals surface area contributed by atoms with Crippen molar-refractivity contribution in [3.8, 4) is 0 Å². The second-order valence-corrected chi connectivity index (χ2v) is 8.26. The van der Waals surface area contributed by atoms with Gasteiger partial charge in [-0.3, -0.25) is 4.90 Å². The zero-order chi connectivity index (χ0) is 17.1. The number of benzene rings is 1. The van der Waals surface area contributed by atoms with Crippen LogP contribution in [0.2, 0.25) is 10.0 Å². The maximum absolute atomic E-state index is 6.39. The van der Waals surface area contributed by atoms with E-state index in [4.69, 9.17) is 28.9 Å². The summed E-state index contributed by atoms with van der Waals surface area (Å²) >= 11 is 12.6. The maximum atomic E-state index is 6.39. The van der Waals surface area contributed by atoms with Crippen LogP contribution >= 0.6 is 23.2 Å². The zero-order valence-corrected chi connectivity index (χ0v) is 16.1. The van der Waals surface area contributed by atoms with E-state index in [9.17, 15) is 0 Å². The van der Waals surface area contributed by atoms with Crippen molar-refractivity contribution in [3.63, 3.8) is 0 Å². The van der Waals surface area contributed by atoms with Crippen molar-refractivity contribution in [1.29, 1.82) is 0 Å². The second-order valence-electron chi connectivity index (χ2n) is 7.47. The lowest BCUT2D eigenvalue weighted by Gasteiger charge is -2.42. The third-order valence-electron chi connectivity index (χ3n) is 5.75. The molecule has 1 aromatic rings. The molecule has 2 aliphatic rings. The lowest BCUT2D eigenvalue weighted by atomic mass is 9.84. The Morgan fingerprint density at radius 3 is 2.58 bits per heavy atom. The number of nitrogens with zero attached hydrogens (tertiary/aromatic N) is 2. The van der Waals surface area contributed by atoms with Crippen LogP contribution in [-0.4, -0.2) is 43.2 Å². The molecule has 0 bridgehead atoms. The van der Waals surface area contributed by atoms with E-state index in [1.165, 1.54) is 38.6 Å². The summed E-state index contributed by atoms with van der Waals surface area (Å²) in [5.41, 5.74) is 7.08. The van der Waals surface area contributed by atoms with Crippen LogP contribution in [0.5, 0.6) is 0 Å². The molecule has 1 atom stereocenters. The van der Waals surface area contributed by atoms with Crippen LogP contribution in [0.25, 0.3) is 0 Å². The fourth-order valence-electron chi connectivity index (χ4n) is 4.11. The molecule has 1 unspecified atom stereocenters. The molecule has 0 amide bonds. The van der Waals surface area contributed by atoms with Gasteiger partial charge in [0.05, 0.1) is 15.7 Å². The molecular formula is C19H29Cl2N3. The highest BCUT2D eigenvalue weighted by molar-refractivity contribution is 6.43. The Kier molecular flexibility index (Phi) is 6.31. The average Bonchev–Trinajstić information content (AvgIpc) is 2.58. The highest BCUT2D eigenvalue weighted by Gasteiger charge is 2.26. The monoisotopic (exact) mass is 369 g/mol. The largest absolute Gasteiger partial charge is 0.367 e. The molecule has 5 heteroatoms. The number of hydrogen-bond acceptors (Lipinski definition) is 3. The SMILES string of the molecule is CC1CN(c2cccc(Cl)c2Cl)CCN1CCC1CCC(N)CC1. The van der Waals surface area contributed by atoms with Crippen molar-refractivity contribution in [2.24, 2.45) is 11.7 Å². The average molecular weight is 370 g/mol. The van der Waals surface area contributed by atoms with Crippen LogP contribution < -0.4 is 10.6 Å². The third kappa shape index (κ3) is 4.37. The van der Waals surface area contributed by atoms with Gasteiger partial charge in [0.1, 0.15) is 0 Å². The molecule has 1 aromatic carbocycles. The minimum atomic E-state index is 0.450. The van der Waals surface area contributed by atoms with Gasteiger partial charge in [0.15, 0.2) is 0 Å². The molecule has 134 valence electrons. The number of nitrogens with two attached hydrogens (primary N) is 1. The summed E-state index contributed by atoms with van der Waals surface area (Å²) in [4.78, 5) is 5.00. The summed E-state index contributed by atoms with van der Waals surface area (Å²) in [7, 11) is 0. The molecule has 2 N–H and O–H groups in total. The summed E-state index contributed by atoms with van der Waals surface area (Å²) in [6.07, 6.45) is 6.36. The molecule has 0 radical (unpaired) electrons. The van der Waals surface area contributed by atoms with E-state index in [-0.39, 0.29) is 0 Å². The molecule has 3 rings (SSSR count). The molecule has 1 saturated carbocycles. The Morgan fingerprint density at radius 2 is 1.88 bits per heavy atom. The van der Waals surface area contributed by atoms with Gasteiger partial charge in [0.2, 0.25) is 0 Å². The minimum absolute atomic E-state index is 0.450. The van der Waals surface area contributed by atoms with E-state index in [0.29, 0.717) is 22.1 Å². The van der Waals surface area contributed by atoms with E-state index < -0.39 is 0 Å². The summed E-state index contributed by atoms with van der Waals surface area (Å²) in [5.74, 6) is 0.873. The van der Waals surface area contributed by atoms with Crippen LogP contribution in [0.15, 0.2) is 18.2 Å². The first-order valence-electron chi connectivity index (χ1n) is 9.23. The predicted molar refractivity (Wildman–Crippen MR) is 104 cm³/mol. The van der Waals surface area contributed by atoms with Crippen LogP contribution in [0, 0.1) is 5.92 Å². The van der Waals surface area contributed by atoms with Gasteiger partial charge in [-0.1, -0.05) is 29.3 Å². The first-order chi connectivity index (χ1) is 11.5. The zero-order valence-electron chi connectivity index (χ0n) is 14.6. The Hall–Kier alpha value is -0.480. The lowest BCUT2D eigenvalue weighted by Crippen LogP contribution is -2.52. The molecule has 0 aromatic heterocycles.